The minimum Gasteiger partial charge on any atom is -0.456 e. The zero-order valence-corrected chi connectivity index (χ0v) is 16.0. The molecule has 1 N–H and O–H groups in total. The van der Waals surface area contributed by atoms with Crippen LogP contribution in [0, 0.1) is 19.8 Å². The zero-order chi connectivity index (χ0) is 18.1. The molecule has 0 saturated heterocycles. The largest absolute Gasteiger partial charge is 0.456 e. The number of carbonyl (C=O) groups excluding carboxylic acids is 2. The predicted octanol–water partition coefficient (Wildman–Crippen LogP) is 2.45. The van der Waals surface area contributed by atoms with Gasteiger partial charge in [-0.3, -0.25) is 9.59 Å². The summed E-state index contributed by atoms with van der Waals surface area (Å²) in [6.45, 7) is 8.38. The predicted molar refractivity (Wildman–Crippen MR) is 95.0 cm³/mol. The van der Waals surface area contributed by atoms with Crippen LogP contribution in [0.2, 0.25) is 0 Å². The van der Waals surface area contributed by atoms with E-state index in [0.717, 1.165) is 28.5 Å². The summed E-state index contributed by atoms with van der Waals surface area (Å²) in [5.74, 6) is -0.121. The van der Waals surface area contributed by atoms with Gasteiger partial charge >= 0.3 is 5.97 Å². The second kappa shape index (κ2) is 10.3. The Labute approximate surface area is 148 Å². The molecular formula is C17H27N3O3S. The maximum atomic E-state index is 11.8. The molecule has 0 aromatic carbocycles. The van der Waals surface area contributed by atoms with E-state index >= 15 is 0 Å². The van der Waals surface area contributed by atoms with Crippen LogP contribution in [0.1, 0.15) is 43.6 Å². The third-order valence-electron chi connectivity index (χ3n) is 3.57. The van der Waals surface area contributed by atoms with Crippen molar-refractivity contribution in [1.82, 2.24) is 15.3 Å². The Morgan fingerprint density at radius 3 is 2.38 bits per heavy atom. The summed E-state index contributed by atoms with van der Waals surface area (Å²) in [5, 5.41) is 3.47. The molecule has 0 saturated carbocycles. The third-order valence-corrected chi connectivity index (χ3v) is 4.12. The van der Waals surface area contributed by atoms with Crippen molar-refractivity contribution < 1.29 is 14.3 Å². The molecule has 1 rings (SSSR count). The number of hydrogen-bond donors (Lipinski definition) is 1. The van der Waals surface area contributed by atoms with Gasteiger partial charge in [0.05, 0.1) is 0 Å². The summed E-state index contributed by atoms with van der Waals surface area (Å²) in [4.78, 5) is 32.1. The topological polar surface area (TPSA) is 81.2 Å². The number of carbonyl (C=O) groups is 2. The van der Waals surface area contributed by atoms with E-state index in [1.54, 1.807) is 0 Å². The van der Waals surface area contributed by atoms with Crippen molar-refractivity contribution in [2.75, 3.05) is 19.4 Å². The minimum atomic E-state index is -0.387. The van der Waals surface area contributed by atoms with Crippen molar-refractivity contribution in [1.29, 1.82) is 0 Å². The van der Waals surface area contributed by atoms with Crippen LogP contribution in [0.3, 0.4) is 0 Å². The third kappa shape index (κ3) is 7.29. The van der Waals surface area contributed by atoms with Crippen LogP contribution in [0.5, 0.6) is 0 Å². The van der Waals surface area contributed by atoms with E-state index in [2.05, 4.69) is 29.1 Å². The Balaban J connectivity index is 2.38. The molecule has 0 unspecified atom stereocenters. The Morgan fingerprint density at radius 2 is 1.83 bits per heavy atom. The van der Waals surface area contributed by atoms with Crippen LogP contribution in [0.15, 0.2) is 5.16 Å². The Bertz CT molecular complexity index is 553. The van der Waals surface area contributed by atoms with Crippen LogP contribution in [-0.2, 0) is 20.7 Å². The average Bonchev–Trinajstić information content (AvgIpc) is 2.51. The Kier molecular flexibility index (Phi) is 8.74. The van der Waals surface area contributed by atoms with Crippen LogP contribution < -0.4 is 5.32 Å². The number of aromatic nitrogens is 2. The van der Waals surface area contributed by atoms with Gasteiger partial charge in [-0.1, -0.05) is 25.6 Å². The summed E-state index contributed by atoms with van der Waals surface area (Å²) in [6, 6.07) is 0. The normalized spacial score (nSPS) is 10.8. The number of amides is 1. The first-order chi connectivity index (χ1) is 11.3. The lowest BCUT2D eigenvalue weighted by Crippen LogP contribution is -2.30. The van der Waals surface area contributed by atoms with E-state index < -0.39 is 0 Å². The summed E-state index contributed by atoms with van der Waals surface area (Å²) in [5.41, 5.74) is 2.73. The first kappa shape index (κ1) is 20.4. The highest BCUT2D eigenvalue weighted by Crippen LogP contribution is 2.17. The number of rotatable bonds is 9. The maximum absolute atomic E-state index is 11.8. The number of esters is 1. The van der Waals surface area contributed by atoms with Gasteiger partial charge in [-0.2, -0.15) is 0 Å². The van der Waals surface area contributed by atoms with Crippen molar-refractivity contribution in [3.63, 3.8) is 0 Å². The van der Waals surface area contributed by atoms with Crippen LogP contribution in [0.25, 0.3) is 0 Å². The molecule has 1 aromatic rings. The molecule has 0 spiro atoms. The molecule has 0 aliphatic carbocycles. The second-order valence-electron chi connectivity index (χ2n) is 6.05. The van der Waals surface area contributed by atoms with Crippen LogP contribution in [-0.4, -0.2) is 41.3 Å². The highest BCUT2D eigenvalue weighted by atomic mass is 32.2. The lowest BCUT2D eigenvalue weighted by Gasteiger charge is -2.10. The molecule has 134 valence electrons. The SMILES string of the molecule is CSc1nc(C)c(CCC(=O)OCC(=O)NCCC(C)C)c(C)n1. The second-order valence-corrected chi connectivity index (χ2v) is 6.83. The minimum absolute atomic E-state index is 0.211. The van der Waals surface area contributed by atoms with Gasteiger partial charge in [0.15, 0.2) is 11.8 Å². The molecule has 1 aromatic heterocycles. The number of aryl methyl sites for hydroxylation is 2. The summed E-state index contributed by atoms with van der Waals surface area (Å²) >= 11 is 1.49. The molecule has 0 bridgehead atoms. The van der Waals surface area contributed by atoms with Crippen LogP contribution >= 0.6 is 11.8 Å². The average molecular weight is 353 g/mol. The van der Waals surface area contributed by atoms with E-state index in [1.165, 1.54) is 11.8 Å². The lowest BCUT2D eigenvalue weighted by molar-refractivity contribution is -0.148. The van der Waals surface area contributed by atoms with E-state index in [1.807, 2.05) is 20.1 Å². The maximum Gasteiger partial charge on any atom is 0.306 e. The van der Waals surface area contributed by atoms with Gasteiger partial charge in [0, 0.05) is 24.4 Å². The molecule has 0 radical (unpaired) electrons. The van der Waals surface area contributed by atoms with Gasteiger partial charge in [0.2, 0.25) is 0 Å². The number of nitrogens with zero attached hydrogens (tertiary/aromatic N) is 2. The lowest BCUT2D eigenvalue weighted by atomic mass is 10.1. The number of hydrogen-bond acceptors (Lipinski definition) is 6. The summed E-state index contributed by atoms with van der Waals surface area (Å²) < 4.78 is 5.01. The van der Waals surface area contributed by atoms with Gasteiger partial charge in [-0.25, -0.2) is 9.97 Å². The first-order valence-electron chi connectivity index (χ1n) is 8.14. The number of thioether (sulfide) groups is 1. The van der Waals surface area contributed by atoms with Crippen molar-refractivity contribution in [2.24, 2.45) is 5.92 Å². The van der Waals surface area contributed by atoms with Crippen molar-refractivity contribution in [3.8, 4) is 0 Å². The fourth-order valence-corrected chi connectivity index (χ4v) is 2.61. The van der Waals surface area contributed by atoms with Gasteiger partial charge in [0.1, 0.15) is 0 Å². The van der Waals surface area contributed by atoms with E-state index in [-0.39, 0.29) is 24.9 Å². The molecule has 0 atom stereocenters. The van der Waals surface area contributed by atoms with Crippen molar-refractivity contribution in [3.05, 3.63) is 17.0 Å². The zero-order valence-electron chi connectivity index (χ0n) is 15.1. The fourth-order valence-electron chi connectivity index (χ4n) is 2.16. The Hall–Kier alpha value is -1.63. The summed E-state index contributed by atoms with van der Waals surface area (Å²) in [6.07, 6.45) is 3.56. The van der Waals surface area contributed by atoms with Gasteiger partial charge in [0.25, 0.3) is 5.91 Å². The molecule has 0 aliphatic heterocycles. The first-order valence-corrected chi connectivity index (χ1v) is 9.36. The quantitative estimate of drug-likeness (QED) is 0.417. The summed E-state index contributed by atoms with van der Waals surface area (Å²) in [7, 11) is 0. The van der Waals surface area contributed by atoms with Crippen molar-refractivity contribution in [2.45, 2.75) is 52.1 Å². The number of ether oxygens (including phenoxy) is 1. The molecule has 7 heteroatoms. The van der Waals surface area contributed by atoms with Gasteiger partial charge in [-0.15, -0.1) is 0 Å². The van der Waals surface area contributed by atoms with E-state index in [4.69, 9.17) is 4.74 Å². The highest BCUT2D eigenvalue weighted by Gasteiger charge is 2.12. The Morgan fingerprint density at radius 1 is 1.21 bits per heavy atom. The van der Waals surface area contributed by atoms with Gasteiger partial charge in [-0.05, 0) is 44.4 Å². The van der Waals surface area contributed by atoms with E-state index in [9.17, 15) is 9.59 Å². The number of nitrogens with one attached hydrogen (secondary N) is 1. The van der Waals surface area contributed by atoms with E-state index in [0.29, 0.717) is 18.9 Å². The molecular weight excluding hydrogens is 326 g/mol. The van der Waals surface area contributed by atoms with Crippen LogP contribution in [0.4, 0.5) is 0 Å². The highest BCUT2D eigenvalue weighted by molar-refractivity contribution is 7.98. The standard InChI is InChI=1S/C17H27N3O3S/c1-11(2)8-9-18-15(21)10-23-16(22)7-6-14-12(3)19-17(24-5)20-13(14)4/h11H,6-10H2,1-5H3,(H,18,21). The smallest absolute Gasteiger partial charge is 0.306 e. The fraction of sp³-hybridized carbons (Fsp3) is 0.647. The molecule has 6 nitrogen and oxygen atoms in total. The molecule has 1 heterocycles. The molecule has 24 heavy (non-hydrogen) atoms. The molecule has 0 aliphatic rings. The molecule has 0 fully saturated rings. The van der Waals surface area contributed by atoms with Gasteiger partial charge < -0.3 is 10.1 Å². The monoisotopic (exact) mass is 353 g/mol. The molecule has 1 amide bonds. The van der Waals surface area contributed by atoms with Crippen molar-refractivity contribution >= 4 is 23.6 Å².